The summed E-state index contributed by atoms with van der Waals surface area (Å²) in [6.45, 7) is 1.96. The molecule has 0 saturated carbocycles. The van der Waals surface area contributed by atoms with Gasteiger partial charge in [-0.3, -0.25) is 0 Å². The summed E-state index contributed by atoms with van der Waals surface area (Å²) < 4.78 is 18.2. The van der Waals surface area contributed by atoms with Crippen LogP contribution in [0.2, 0.25) is 0 Å². The number of hydrogen-bond acceptors (Lipinski definition) is 2. The van der Waals surface area contributed by atoms with Crippen molar-refractivity contribution in [2.75, 3.05) is 7.11 Å². The Balaban J connectivity index is 2.58. The van der Waals surface area contributed by atoms with Crippen molar-refractivity contribution >= 4 is 0 Å². The van der Waals surface area contributed by atoms with Gasteiger partial charge in [0.05, 0.1) is 7.11 Å². The van der Waals surface area contributed by atoms with Gasteiger partial charge in [0.1, 0.15) is 5.75 Å². The Morgan fingerprint density at radius 1 is 1.12 bits per heavy atom. The number of methoxy groups -OCH3 is 1. The maximum absolute atomic E-state index is 13.0. The maximum Gasteiger partial charge on any atom is 0.164 e. The van der Waals surface area contributed by atoms with E-state index in [0.29, 0.717) is 5.75 Å². The quantitative estimate of drug-likeness (QED) is 0.858. The van der Waals surface area contributed by atoms with E-state index >= 15 is 0 Å². The molecule has 0 aliphatic carbocycles. The number of phenols is 1. The van der Waals surface area contributed by atoms with Crippen LogP contribution in [-0.4, -0.2) is 12.2 Å². The summed E-state index contributed by atoms with van der Waals surface area (Å²) in [6, 6.07) is 9.98. The van der Waals surface area contributed by atoms with E-state index in [1.807, 2.05) is 25.1 Å². The number of benzene rings is 2. The van der Waals surface area contributed by atoms with Crippen LogP contribution in [-0.2, 0) is 0 Å². The zero-order chi connectivity index (χ0) is 12.4. The summed E-state index contributed by atoms with van der Waals surface area (Å²) in [7, 11) is 1.58. The Kier molecular flexibility index (Phi) is 3.00. The molecular formula is C14H13FO2. The van der Waals surface area contributed by atoms with Crippen molar-refractivity contribution < 1.29 is 14.2 Å². The summed E-state index contributed by atoms with van der Waals surface area (Å²) in [6.07, 6.45) is 0. The number of hydrogen-bond donors (Lipinski definition) is 1. The minimum Gasteiger partial charge on any atom is -0.505 e. The van der Waals surface area contributed by atoms with Gasteiger partial charge in [0.15, 0.2) is 11.6 Å². The Hall–Kier alpha value is -2.03. The molecule has 0 aromatic heterocycles. The van der Waals surface area contributed by atoms with Gasteiger partial charge in [-0.2, -0.15) is 0 Å². The fourth-order valence-corrected chi connectivity index (χ4v) is 1.73. The van der Waals surface area contributed by atoms with Crippen LogP contribution in [0.3, 0.4) is 0 Å². The van der Waals surface area contributed by atoms with Crippen LogP contribution in [0.25, 0.3) is 11.1 Å². The van der Waals surface area contributed by atoms with Gasteiger partial charge in [-0.15, -0.1) is 0 Å². The van der Waals surface area contributed by atoms with Crippen molar-refractivity contribution in [2.45, 2.75) is 6.92 Å². The zero-order valence-corrected chi connectivity index (χ0v) is 9.70. The monoisotopic (exact) mass is 232 g/mol. The van der Waals surface area contributed by atoms with Gasteiger partial charge >= 0.3 is 0 Å². The highest BCUT2D eigenvalue weighted by Gasteiger charge is 2.08. The Bertz CT molecular complexity index is 550. The van der Waals surface area contributed by atoms with E-state index in [0.717, 1.165) is 16.7 Å². The number of aromatic hydroxyl groups is 1. The molecule has 2 aromatic carbocycles. The molecule has 17 heavy (non-hydrogen) atoms. The molecule has 0 bridgehead atoms. The molecule has 0 spiro atoms. The highest BCUT2D eigenvalue weighted by atomic mass is 19.1. The van der Waals surface area contributed by atoms with Crippen molar-refractivity contribution in [2.24, 2.45) is 0 Å². The van der Waals surface area contributed by atoms with Gasteiger partial charge in [-0.05, 0) is 36.8 Å². The third-order valence-corrected chi connectivity index (χ3v) is 2.61. The molecule has 3 heteroatoms. The first-order valence-corrected chi connectivity index (χ1v) is 5.25. The fraction of sp³-hybridized carbons (Fsp3) is 0.143. The molecule has 0 fully saturated rings. The second-order valence-corrected chi connectivity index (χ2v) is 3.87. The predicted octanol–water partition coefficient (Wildman–Crippen LogP) is 3.52. The number of halogens is 1. The summed E-state index contributed by atoms with van der Waals surface area (Å²) >= 11 is 0. The molecule has 2 nitrogen and oxygen atoms in total. The van der Waals surface area contributed by atoms with Gasteiger partial charge in [-0.1, -0.05) is 17.7 Å². The Labute approximate surface area is 99.3 Å². The zero-order valence-electron chi connectivity index (χ0n) is 9.70. The summed E-state index contributed by atoms with van der Waals surface area (Å²) in [5.74, 6) is -0.284. The van der Waals surface area contributed by atoms with E-state index < -0.39 is 5.82 Å². The minimum absolute atomic E-state index is 0.356. The first-order valence-electron chi connectivity index (χ1n) is 5.25. The van der Waals surface area contributed by atoms with Crippen LogP contribution in [0.15, 0.2) is 36.4 Å². The number of ether oxygens (including phenoxy) is 1. The highest BCUT2D eigenvalue weighted by Crippen LogP contribution is 2.33. The molecule has 2 rings (SSSR count). The Morgan fingerprint density at radius 2 is 1.88 bits per heavy atom. The molecule has 2 aromatic rings. The minimum atomic E-state index is -0.625. The smallest absolute Gasteiger partial charge is 0.164 e. The van der Waals surface area contributed by atoms with Crippen molar-refractivity contribution in [1.29, 1.82) is 0 Å². The van der Waals surface area contributed by atoms with E-state index in [1.54, 1.807) is 13.2 Å². The predicted molar refractivity (Wildman–Crippen MR) is 64.8 cm³/mol. The molecule has 0 aliphatic heterocycles. The first kappa shape index (κ1) is 11.5. The Morgan fingerprint density at radius 3 is 2.53 bits per heavy atom. The first-order chi connectivity index (χ1) is 8.11. The summed E-state index contributed by atoms with van der Waals surface area (Å²) in [4.78, 5) is 0. The van der Waals surface area contributed by atoms with Crippen molar-refractivity contribution in [3.8, 4) is 22.6 Å². The van der Waals surface area contributed by atoms with Crippen molar-refractivity contribution in [1.82, 2.24) is 0 Å². The van der Waals surface area contributed by atoms with Crippen LogP contribution in [0.1, 0.15) is 5.56 Å². The molecule has 0 amide bonds. The molecule has 88 valence electrons. The summed E-state index contributed by atoms with van der Waals surface area (Å²) in [5, 5.41) is 9.38. The van der Waals surface area contributed by atoms with Crippen LogP contribution in [0, 0.1) is 12.7 Å². The standard InChI is InChI=1S/C14H13FO2/c1-9-3-6-14(17-2)11(7-9)10-4-5-12(15)13(16)8-10/h3-8,16H,1-2H3. The van der Waals surface area contributed by atoms with E-state index in [1.165, 1.54) is 12.1 Å². The van der Waals surface area contributed by atoms with Crippen molar-refractivity contribution in [3.63, 3.8) is 0 Å². The van der Waals surface area contributed by atoms with E-state index in [4.69, 9.17) is 4.74 Å². The summed E-state index contributed by atoms with van der Waals surface area (Å²) in [5.41, 5.74) is 2.64. The number of aryl methyl sites for hydroxylation is 1. The fourth-order valence-electron chi connectivity index (χ4n) is 1.73. The SMILES string of the molecule is COc1ccc(C)cc1-c1ccc(F)c(O)c1. The molecule has 1 N–H and O–H groups in total. The lowest BCUT2D eigenvalue weighted by Crippen LogP contribution is -1.89. The van der Waals surface area contributed by atoms with Crippen LogP contribution in [0.4, 0.5) is 4.39 Å². The van der Waals surface area contributed by atoms with Crippen LogP contribution in [0.5, 0.6) is 11.5 Å². The number of rotatable bonds is 2. The molecule has 0 atom stereocenters. The molecule has 0 saturated heterocycles. The lowest BCUT2D eigenvalue weighted by atomic mass is 10.0. The molecule has 0 aliphatic rings. The normalized spacial score (nSPS) is 10.3. The maximum atomic E-state index is 13.0. The van der Waals surface area contributed by atoms with Gasteiger partial charge in [-0.25, -0.2) is 4.39 Å². The van der Waals surface area contributed by atoms with Gasteiger partial charge < -0.3 is 9.84 Å². The second kappa shape index (κ2) is 4.45. The molecule has 0 heterocycles. The van der Waals surface area contributed by atoms with Crippen LogP contribution >= 0.6 is 0 Å². The average Bonchev–Trinajstić information content (AvgIpc) is 2.32. The third kappa shape index (κ3) is 2.23. The highest BCUT2D eigenvalue weighted by molar-refractivity contribution is 5.72. The largest absolute Gasteiger partial charge is 0.505 e. The molecule has 0 unspecified atom stereocenters. The van der Waals surface area contributed by atoms with Gasteiger partial charge in [0.25, 0.3) is 0 Å². The molecule has 0 radical (unpaired) electrons. The van der Waals surface area contributed by atoms with Gasteiger partial charge in [0.2, 0.25) is 0 Å². The molecular weight excluding hydrogens is 219 g/mol. The average molecular weight is 232 g/mol. The van der Waals surface area contributed by atoms with E-state index in [9.17, 15) is 9.50 Å². The lowest BCUT2D eigenvalue weighted by Gasteiger charge is -2.10. The van der Waals surface area contributed by atoms with E-state index in [-0.39, 0.29) is 5.75 Å². The second-order valence-electron chi connectivity index (χ2n) is 3.87. The number of phenolic OH excluding ortho intramolecular Hbond substituents is 1. The van der Waals surface area contributed by atoms with Crippen LogP contribution < -0.4 is 4.74 Å². The van der Waals surface area contributed by atoms with Crippen molar-refractivity contribution in [3.05, 3.63) is 47.8 Å². The topological polar surface area (TPSA) is 29.5 Å². The lowest BCUT2D eigenvalue weighted by molar-refractivity contribution is 0.416. The van der Waals surface area contributed by atoms with Gasteiger partial charge in [0, 0.05) is 5.56 Å². The third-order valence-electron chi connectivity index (χ3n) is 2.61. The van der Waals surface area contributed by atoms with E-state index in [2.05, 4.69) is 0 Å².